The molecule has 2 aromatic rings. The number of hydrogen-bond donors (Lipinski definition) is 1. The second-order valence-corrected chi connectivity index (χ2v) is 5.29. The molecule has 118 valence electrons. The summed E-state index contributed by atoms with van der Waals surface area (Å²) in [4.78, 5) is 0. The molecule has 0 amide bonds. The zero-order valence-electron chi connectivity index (χ0n) is 13.4. The lowest BCUT2D eigenvalue weighted by atomic mass is 10.1. The molecule has 22 heavy (non-hydrogen) atoms. The van der Waals surface area contributed by atoms with Crippen LogP contribution in [0, 0.1) is 12.7 Å². The van der Waals surface area contributed by atoms with Crippen molar-refractivity contribution in [2.24, 2.45) is 0 Å². The lowest BCUT2D eigenvalue weighted by molar-refractivity contribution is 0.391. The summed E-state index contributed by atoms with van der Waals surface area (Å²) in [7, 11) is 3.30. The van der Waals surface area contributed by atoms with Crippen molar-refractivity contribution >= 4 is 0 Å². The standard InChI is InChI=1S/C18H22FNO2/c1-12-9-14(5-7-17(12)19)11-20-13(2)16-10-15(21-3)6-8-18(16)22-4/h5-10,13,20H,11H2,1-4H3. The Labute approximate surface area is 131 Å². The molecule has 1 atom stereocenters. The van der Waals surface area contributed by atoms with Gasteiger partial charge in [0.15, 0.2) is 0 Å². The molecule has 0 heterocycles. The Kier molecular flexibility index (Phi) is 5.39. The van der Waals surface area contributed by atoms with Gasteiger partial charge in [-0.15, -0.1) is 0 Å². The number of hydrogen-bond acceptors (Lipinski definition) is 3. The number of nitrogens with one attached hydrogen (secondary N) is 1. The summed E-state index contributed by atoms with van der Waals surface area (Å²) in [6, 6.07) is 11.0. The molecule has 0 saturated carbocycles. The summed E-state index contributed by atoms with van der Waals surface area (Å²) in [5, 5.41) is 3.43. The summed E-state index contributed by atoms with van der Waals surface area (Å²) in [5.74, 6) is 1.43. The van der Waals surface area contributed by atoms with Crippen molar-refractivity contribution in [3.8, 4) is 11.5 Å². The number of methoxy groups -OCH3 is 2. The molecule has 0 bridgehead atoms. The van der Waals surface area contributed by atoms with E-state index in [-0.39, 0.29) is 11.9 Å². The quantitative estimate of drug-likeness (QED) is 0.875. The van der Waals surface area contributed by atoms with Gasteiger partial charge in [-0.2, -0.15) is 0 Å². The average Bonchev–Trinajstić information content (AvgIpc) is 2.55. The van der Waals surface area contributed by atoms with Gasteiger partial charge in [0, 0.05) is 18.2 Å². The van der Waals surface area contributed by atoms with Crippen LogP contribution in [0.25, 0.3) is 0 Å². The van der Waals surface area contributed by atoms with Crippen LogP contribution >= 0.6 is 0 Å². The molecule has 1 N–H and O–H groups in total. The number of rotatable bonds is 6. The molecule has 0 spiro atoms. The minimum absolute atomic E-state index is 0.0791. The first-order valence-electron chi connectivity index (χ1n) is 7.25. The molecular weight excluding hydrogens is 281 g/mol. The minimum Gasteiger partial charge on any atom is -0.497 e. The van der Waals surface area contributed by atoms with Crippen LogP contribution in [0.5, 0.6) is 11.5 Å². The largest absolute Gasteiger partial charge is 0.497 e. The van der Waals surface area contributed by atoms with Crippen LogP contribution in [-0.2, 0) is 6.54 Å². The summed E-state index contributed by atoms with van der Waals surface area (Å²) in [6.45, 7) is 4.49. The monoisotopic (exact) mass is 303 g/mol. The Morgan fingerprint density at radius 3 is 2.50 bits per heavy atom. The highest BCUT2D eigenvalue weighted by Gasteiger charge is 2.12. The fraction of sp³-hybridized carbons (Fsp3) is 0.333. The highest BCUT2D eigenvalue weighted by molar-refractivity contribution is 5.42. The molecular formula is C18H22FNO2. The number of benzene rings is 2. The van der Waals surface area contributed by atoms with Gasteiger partial charge < -0.3 is 14.8 Å². The van der Waals surface area contributed by atoms with Gasteiger partial charge in [0.05, 0.1) is 14.2 Å². The summed E-state index contributed by atoms with van der Waals surface area (Å²) < 4.78 is 24.0. The SMILES string of the molecule is COc1ccc(OC)c(C(C)NCc2ccc(F)c(C)c2)c1. The van der Waals surface area contributed by atoms with Crippen LogP contribution in [0.15, 0.2) is 36.4 Å². The number of ether oxygens (including phenoxy) is 2. The predicted molar refractivity (Wildman–Crippen MR) is 85.9 cm³/mol. The molecule has 0 aliphatic rings. The second-order valence-electron chi connectivity index (χ2n) is 5.29. The van der Waals surface area contributed by atoms with Crippen LogP contribution in [-0.4, -0.2) is 14.2 Å². The summed E-state index contributed by atoms with van der Waals surface area (Å²) >= 11 is 0. The van der Waals surface area contributed by atoms with Crippen LogP contribution < -0.4 is 14.8 Å². The maximum atomic E-state index is 13.3. The number of aryl methyl sites for hydroxylation is 1. The van der Waals surface area contributed by atoms with E-state index in [0.717, 1.165) is 22.6 Å². The van der Waals surface area contributed by atoms with Crippen molar-refractivity contribution in [2.75, 3.05) is 14.2 Å². The van der Waals surface area contributed by atoms with Crippen molar-refractivity contribution in [2.45, 2.75) is 26.4 Å². The molecule has 1 unspecified atom stereocenters. The Hall–Kier alpha value is -2.07. The lowest BCUT2D eigenvalue weighted by Gasteiger charge is -2.18. The van der Waals surface area contributed by atoms with Crippen molar-refractivity contribution in [3.05, 3.63) is 58.9 Å². The van der Waals surface area contributed by atoms with Gasteiger partial charge in [0.25, 0.3) is 0 Å². The van der Waals surface area contributed by atoms with E-state index < -0.39 is 0 Å². The minimum atomic E-state index is -0.175. The fourth-order valence-corrected chi connectivity index (χ4v) is 2.38. The van der Waals surface area contributed by atoms with Crippen LogP contribution in [0.4, 0.5) is 4.39 Å². The van der Waals surface area contributed by atoms with Gasteiger partial charge in [0.1, 0.15) is 17.3 Å². The predicted octanol–water partition coefficient (Wildman–Crippen LogP) is 4.00. The molecule has 2 rings (SSSR count). The zero-order valence-corrected chi connectivity index (χ0v) is 13.4. The first-order valence-corrected chi connectivity index (χ1v) is 7.25. The van der Waals surface area contributed by atoms with Gasteiger partial charge in [-0.3, -0.25) is 0 Å². The Bertz CT molecular complexity index is 643. The van der Waals surface area contributed by atoms with E-state index >= 15 is 0 Å². The maximum Gasteiger partial charge on any atom is 0.126 e. The highest BCUT2D eigenvalue weighted by atomic mass is 19.1. The van der Waals surface area contributed by atoms with Gasteiger partial charge in [-0.25, -0.2) is 4.39 Å². The molecule has 0 fully saturated rings. The van der Waals surface area contributed by atoms with E-state index in [0.29, 0.717) is 12.1 Å². The van der Waals surface area contributed by atoms with E-state index in [1.54, 1.807) is 27.2 Å². The molecule has 0 aliphatic heterocycles. The Morgan fingerprint density at radius 2 is 1.86 bits per heavy atom. The summed E-state index contributed by atoms with van der Waals surface area (Å²) in [6.07, 6.45) is 0. The van der Waals surface area contributed by atoms with Crippen molar-refractivity contribution in [1.82, 2.24) is 5.32 Å². The van der Waals surface area contributed by atoms with Crippen LogP contribution in [0.1, 0.15) is 29.7 Å². The maximum absolute atomic E-state index is 13.3. The van der Waals surface area contributed by atoms with E-state index in [9.17, 15) is 4.39 Å². The smallest absolute Gasteiger partial charge is 0.126 e. The second kappa shape index (κ2) is 7.27. The third-order valence-electron chi connectivity index (χ3n) is 3.74. The third-order valence-corrected chi connectivity index (χ3v) is 3.74. The molecule has 4 heteroatoms. The van der Waals surface area contributed by atoms with E-state index in [2.05, 4.69) is 12.2 Å². The van der Waals surface area contributed by atoms with Crippen molar-refractivity contribution in [1.29, 1.82) is 0 Å². The van der Waals surface area contributed by atoms with E-state index in [1.807, 2.05) is 24.3 Å². The normalized spacial score (nSPS) is 12.0. The lowest BCUT2D eigenvalue weighted by Crippen LogP contribution is -2.19. The summed E-state index contributed by atoms with van der Waals surface area (Å²) in [5.41, 5.74) is 2.74. The Balaban J connectivity index is 2.11. The topological polar surface area (TPSA) is 30.5 Å². The van der Waals surface area contributed by atoms with Crippen molar-refractivity contribution < 1.29 is 13.9 Å². The molecule has 0 radical (unpaired) electrons. The fourth-order valence-electron chi connectivity index (χ4n) is 2.38. The first kappa shape index (κ1) is 16.3. The average molecular weight is 303 g/mol. The van der Waals surface area contributed by atoms with Gasteiger partial charge in [-0.05, 0) is 49.2 Å². The molecule has 0 aliphatic carbocycles. The first-order chi connectivity index (χ1) is 10.5. The highest BCUT2D eigenvalue weighted by Crippen LogP contribution is 2.29. The molecule has 3 nitrogen and oxygen atoms in total. The molecule has 0 saturated heterocycles. The van der Waals surface area contributed by atoms with Crippen LogP contribution in [0.3, 0.4) is 0 Å². The van der Waals surface area contributed by atoms with E-state index in [4.69, 9.17) is 9.47 Å². The zero-order chi connectivity index (χ0) is 16.1. The van der Waals surface area contributed by atoms with E-state index in [1.165, 1.54) is 6.07 Å². The van der Waals surface area contributed by atoms with Crippen molar-refractivity contribution in [3.63, 3.8) is 0 Å². The van der Waals surface area contributed by atoms with Gasteiger partial charge in [-0.1, -0.05) is 12.1 Å². The Morgan fingerprint density at radius 1 is 1.09 bits per heavy atom. The van der Waals surface area contributed by atoms with Gasteiger partial charge >= 0.3 is 0 Å². The van der Waals surface area contributed by atoms with Crippen LogP contribution in [0.2, 0.25) is 0 Å². The number of halogens is 1. The molecule has 0 aromatic heterocycles. The third kappa shape index (κ3) is 3.77. The molecule has 2 aromatic carbocycles. The van der Waals surface area contributed by atoms with Gasteiger partial charge in [0.2, 0.25) is 0 Å².